The predicted octanol–water partition coefficient (Wildman–Crippen LogP) is 4.76. The predicted molar refractivity (Wildman–Crippen MR) is 117 cm³/mol. The molecule has 7 heteroatoms. The Morgan fingerprint density at radius 3 is 1.97 bits per heavy atom. The molecule has 0 atom stereocenters. The first-order valence-electron chi connectivity index (χ1n) is 9.68. The second kappa shape index (κ2) is 9.56. The summed E-state index contributed by atoms with van der Waals surface area (Å²) in [5.74, 6) is 1.07. The lowest BCUT2D eigenvalue weighted by Crippen LogP contribution is -2.30. The third-order valence-electron chi connectivity index (χ3n) is 4.55. The van der Waals surface area contributed by atoms with Crippen molar-refractivity contribution in [2.24, 2.45) is 0 Å². The van der Waals surface area contributed by atoms with Gasteiger partial charge in [0.2, 0.25) is 10.0 Å². The lowest BCUT2D eigenvalue weighted by atomic mass is 10.2. The summed E-state index contributed by atoms with van der Waals surface area (Å²) in [7, 11) is -3.55. The molecule has 0 aliphatic heterocycles. The Hall–Kier alpha value is -3.16. The van der Waals surface area contributed by atoms with Crippen molar-refractivity contribution in [3.05, 3.63) is 84.4 Å². The van der Waals surface area contributed by atoms with E-state index in [1.165, 1.54) is 28.6 Å². The summed E-state index contributed by atoms with van der Waals surface area (Å²) in [6, 6.07) is 22.4. The lowest BCUT2D eigenvalue weighted by Gasteiger charge is -2.18. The van der Waals surface area contributed by atoms with Crippen molar-refractivity contribution in [1.29, 1.82) is 0 Å². The Bertz CT molecular complexity index is 1080. The monoisotopic (exact) mass is 424 g/mol. The Morgan fingerprint density at radius 1 is 0.833 bits per heavy atom. The molecule has 0 aliphatic rings. The zero-order valence-electron chi connectivity index (χ0n) is 16.9. The number of para-hydroxylation sites is 1. The van der Waals surface area contributed by atoms with Crippen LogP contribution in [0.2, 0.25) is 0 Å². The second-order valence-corrected chi connectivity index (χ2v) is 8.45. The summed E-state index contributed by atoms with van der Waals surface area (Å²) >= 11 is 0. The van der Waals surface area contributed by atoms with Crippen LogP contribution in [0.4, 0.5) is 5.69 Å². The van der Waals surface area contributed by atoms with E-state index in [-0.39, 0.29) is 10.8 Å². The minimum absolute atomic E-state index is 0.171. The molecule has 3 aromatic carbocycles. The van der Waals surface area contributed by atoms with Gasteiger partial charge in [-0.1, -0.05) is 32.0 Å². The molecule has 30 heavy (non-hydrogen) atoms. The van der Waals surface area contributed by atoms with Gasteiger partial charge in [0.15, 0.2) is 0 Å². The second-order valence-electron chi connectivity index (χ2n) is 6.51. The number of hydrogen-bond acceptors (Lipinski definition) is 4. The number of amides is 1. The zero-order valence-corrected chi connectivity index (χ0v) is 17.7. The van der Waals surface area contributed by atoms with Gasteiger partial charge in [0.25, 0.3) is 5.91 Å². The molecule has 1 N–H and O–H groups in total. The van der Waals surface area contributed by atoms with Crippen molar-refractivity contribution >= 4 is 21.6 Å². The molecule has 0 heterocycles. The smallest absolute Gasteiger partial charge is 0.255 e. The number of carbonyl (C=O) groups excluding carboxylic acids is 1. The van der Waals surface area contributed by atoms with Crippen LogP contribution < -0.4 is 10.1 Å². The van der Waals surface area contributed by atoms with E-state index in [9.17, 15) is 13.2 Å². The molecule has 1 amide bonds. The molecule has 0 bridgehead atoms. The summed E-state index contributed by atoms with van der Waals surface area (Å²) in [6.07, 6.45) is 0. The summed E-state index contributed by atoms with van der Waals surface area (Å²) in [4.78, 5) is 12.7. The molecule has 3 aromatic rings. The zero-order chi connectivity index (χ0) is 21.6. The molecule has 0 saturated carbocycles. The summed E-state index contributed by atoms with van der Waals surface area (Å²) in [6.45, 7) is 4.37. The third kappa shape index (κ3) is 5.06. The van der Waals surface area contributed by atoms with Crippen LogP contribution in [-0.4, -0.2) is 31.7 Å². The molecule has 0 saturated heterocycles. The van der Waals surface area contributed by atoms with Crippen molar-refractivity contribution in [2.75, 3.05) is 18.4 Å². The standard InChI is InChI=1S/C23H24N2O4S/c1-3-25(4-2)30(27,28)22-16-10-18(11-17-22)23(26)24-19-12-14-21(15-13-19)29-20-8-6-5-7-9-20/h5-17H,3-4H2,1-2H3,(H,24,26). The van der Waals surface area contributed by atoms with E-state index in [0.717, 1.165) is 5.75 Å². The number of hydrogen-bond donors (Lipinski definition) is 1. The van der Waals surface area contributed by atoms with E-state index in [1.54, 1.807) is 38.1 Å². The topological polar surface area (TPSA) is 75.7 Å². The average molecular weight is 425 g/mol. The number of nitrogens with one attached hydrogen (secondary N) is 1. The van der Waals surface area contributed by atoms with Crippen LogP contribution in [0, 0.1) is 0 Å². The fourth-order valence-electron chi connectivity index (χ4n) is 2.93. The van der Waals surface area contributed by atoms with Crippen molar-refractivity contribution in [1.82, 2.24) is 4.31 Å². The minimum Gasteiger partial charge on any atom is -0.457 e. The van der Waals surface area contributed by atoms with Crippen molar-refractivity contribution in [3.63, 3.8) is 0 Å². The van der Waals surface area contributed by atoms with Gasteiger partial charge in [0.1, 0.15) is 11.5 Å². The first-order valence-corrected chi connectivity index (χ1v) is 11.1. The van der Waals surface area contributed by atoms with Crippen LogP contribution >= 0.6 is 0 Å². The molecule has 0 radical (unpaired) electrons. The van der Waals surface area contributed by atoms with Gasteiger partial charge in [0, 0.05) is 24.3 Å². The summed E-state index contributed by atoms with van der Waals surface area (Å²) in [5.41, 5.74) is 0.985. The van der Waals surface area contributed by atoms with E-state index in [4.69, 9.17) is 4.74 Å². The molecule has 156 valence electrons. The minimum atomic E-state index is -3.55. The van der Waals surface area contributed by atoms with Gasteiger partial charge in [-0.15, -0.1) is 0 Å². The normalized spacial score (nSPS) is 11.3. The van der Waals surface area contributed by atoms with E-state index in [1.807, 2.05) is 30.3 Å². The van der Waals surface area contributed by atoms with Crippen LogP contribution in [0.3, 0.4) is 0 Å². The highest BCUT2D eigenvalue weighted by atomic mass is 32.2. The van der Waals surface area contributed by atoms with Crippen molar-refractivity contribution < 1.29 is 17.9 Å². The van der Waals surface area contributed by atoms with Crippen molar-refractivity contribution in [2.45, 2.75) is 18.7 Å². The first-order chi connectivity index (χ1) is 14.4. The van der Waals surface area contributed by atoms with Gasteiger partial charge in [-0.2, -0.15) is 4.31 Å². The maximum absolute atomic E-state index is 12.5. The molecular weight excluding hydrogens is 400 g/mol. The molecular formula is C23H24N2O4S. The third-order valence-corrected chi connectivity index (χ3v) is 6.61. The van der Waals surface area contributed by atoms with Crippen LogP contribution in [0.5, 0.6) is 11.5 Å². The number of carbonyl (C=O) groups is 1. The molecule has 0 aliphatic carbocycles. The summed E-state index contributed by atoms with van der Waals surface area (Å²) < 4.78 is 32.2. The quantitative estimate of drug-likeness (QED) is 0.566. The number of rotatable bonds is 8. The largest absolute Gasteiger partial charge is 0.457 e. The van der Waals surface area contributed by atoms with Crippen LogP contribution in [0.1, 0.15) is 24.2 Å². The van der Waals surface area contributed by atoms with Gasteiger partial charge in [0.05, 0.1) is 4.90 Å². The highest BCUT2D eigenvalue weighted by Crippen LogP contribution is 2.23. The molecule has 0 unspecified atom stereocenters. The van der Waals surface area contributed by atoms with Gasteiger partial charge in [-0.05, 0) is 60.7 Å². The van der Waals surface area contributed by atoms with Crippen molar-refractivity contribution in [3.8, 4) is 11.5 Å². The van der Waals surface area contributed by atoms with E-state index in [2.05, 4.69) is 5.32 Å². The fraction of sp³-hybridized carbons (Fsp3) is 0.174. The highest BCUT2D eigenvalue weighted by molar-refractivity contribution is 7.89. The van der Waals surface area contributed by atoms with Gasteiger partial charge >= 0.3 is 0 Å². The van der Waals surface area contributed by atoms with Crippen LogP contribution in [0.15, 0.2) is 83.8 Å². The number of ether oxygens (including phenoxy) is 1. The number of anilines is 1. The van der Waals surface area contributed by atoms with Gasteiger partial charge in [-0.3, -0.25) is 4.79 Å². The molecule has 0 spiro atoms. The van der Waals surface area contributed by atoms with Gasteiger partial charge < -0.3 is 10.1 Å². The Balaban J connectivity index is 1.66. The molecule has 3 rings (SSSR count). The van der Waals surface area contributed by atoms with E-state index in [0.29, 0.717) is 30.1 Å². The highest BCUT2D eigenvalue weighted by Gasteiger charge is 2.21. The lowest BCUT2D eigenvalue weighted by molar-refractivity contribution is 0.102. The summed E-state index contributed by atoms with van der Waals surface area (Å²) in [5, 5.41) is 2.80. The molecule has 0 aromatic heterocycles. The first kappa shape index (κ1) is 21.5. The molecule has 6 nitrogen and oxygen atoms in total. The number of sulfonamides is 1. The number of nitrogens with zero attached hydrogens (tertiary/aromatic N) is 1. The fourth-order valence-corrected chi connectivity index (χ4v) is 4.38. The Kier molecular flexibility index (Phi) is 6.87. The SMILES string of the molecule is CCN(CC)S(=O)(=O)c1ccc(C(=O)Nc2ccc(Oc3ccccc3)cc2)cc1. The number of benzene rings is 3. The molecule has 0 fully saturated rings. The maximum Gasteiger partial charge on any atom is 0.255 e. The van der Waals surface area contributed by atoms with Gasteiger partial charge in [-0.25, -0.2) is 8.42 Å². The van der Waals surface area contributed by atoms with Crippen LogP contribution in [0.25, 0.3) is 0 Å². The Labute approximate surface area is 177 Å². The maximum atomic E-state index is 12.5. The average Bonchev–Trinajstić information content (AvgIpc) is 2.76. The Morgan fingerprint density at radius 2 is 1.40 bits per heavy atom. The van der Waals surface area contributed by atoms with Crippen LogP contribution in [-0.2, 0) is 10.0 Å². The van der Waals surface area contributed by atoms with E-state index < -0.39 is 10.0 Å². The van der Waals surface area contributed by atoms with E-state index >= 15 is 0 Å².